The quantitative estimate of drug-likeness (QED) is 0.647. The number of hydrogen-bond donors (Lipinski definition) is 2. The lowest BCUT2D eigenvalue weighted by atomic mass is 10.1. The molecule has 5 nitrogen and oxygen atoms in total. The largest absolute Gasteiger partial charge is 0.271 e. The van der Waals surface area contributed by atoms with Crippen LogP contribution in [-0.4, -0.2) is 15.0 Å². The minimum absolute atomic E-state index is 0.0527. The van der Waals surface area contributed by atoms with Crippen molar-refractivity contribution >= 4 is 11.3 Å². The summed E-state index contributed by atoms with van der Waals surface area (Å²) in [5, 5.41) is 1.07. The number of aryl methyl sites for hydroxylation is 3. The number of nitrogens with zero attached hydrogens (tertiary/aromatic N) is 3. The highest BCUT2D eigenvalue weighted by Crippen LogP contribution is 2.22. The Kier molecular flexibility index (Phi) is 4.00. The van der Waals surface area contributed by atoms with E-state index in [1.807, 2.05) is 13.8 Å². The van der Waals surface area contributed by atoms with Gasteiger partial charge in [-0.2, -0.15) is 0 Å². The van der Waals surface area contributed by atoms with Gasteiger partial charge < -0.3 is 0 Å². The molecule has 6 heteroatoms. The average Bonchev–Trinajstić information content (AvgIpc) is 2.67. The van der Waals surface area contributed by atoms with Crippen molar-refractivity contribution in [2.45, 2.75) is 33.2 Å². The summed E-state index contributed by atoms with van der Waals surface area (Å²) in [5.74, 6) is 5.59. The predicted octanol–water partition coefficient (Wildman–Crippen LogP) is 1.61. The van der Waals surface area contributed by atoms with Gasteiger partial charge in [0, 0.05) is 17.5 Å². The molecule has 0 spiro atoms. The van der Waals surface area contributed by atoms with Crippen LogP contribution in [0, 0.1) is 20.8 Å². The fraction of sp³-hybridized carbons (Fsp3) is 0.417. The Morgan fingerprint density at radius 1 is 1.28 bits per heavy atom. The highest BCUT2D eigenvalue weighted by atomic mass is 32.1. The Bertz CT molecular complexity index is 500. The molecule has 3 N–H and O–H groups in total. The van der Waals surface area contributed by atoms with E-state index < -0.39 is 0 Å². The first kappa shape index (κ1) is 13.1. The molecule has 0 aliphatic carbocycles. The van der Waals surface area contributed by atoms with Crippen molar-refractivity contribution in [3.63, 3.8) is 0 Å². The van der Waals surface area contributed by atoms with Crippen molar-refractivity contribution in [1.29, 1.82) is 0 Å². The van der Waals surface area contributed by atoms with Crippen molar-refractivity contribution in [3.05, 3.63) is 39.4 Å². The van der Waals surface area contributed by atoms with Crippen LogP contribution in [0.25, 0.3) is 0 Å². The minimum atomic E-state index is -0.0527. The summed E-state index contributed by atoms with van der Waals surface area (Å²) >= 11 is 1.70. The monoisotopic (exact) mass is 263 g/mol. The van der Waals surface area contributed by atoms with Crippen molar-refractivity contribution in [3.8, 4) is 0 Å². The minimum Gasteiger partial charge on any atom is -0.271 e. The Morgan fingerprint density at radius 3 is 2.56 bits per heavy atom. The van der Waals surface area contributed by atoms with Crippen LogP contribution in [0.15, 0.2) is 12.4 Å². The zero-order valence-electron chi connectivity index (χ0n) is 10.8. The molecular weight excluding hydrogens is 246 g/mol. The third-order valence-electron chi connectivity index (χ3n) is 2.81. The average molecular weight is 263 g/mol. The summed E-state index contributed by atoms with van der Waals surface area (Å²) in [6.45, 7) is 6.01. The summed E-state index contributed by atoms with van der Waals surface area (Å²) in [7, 11) is 0. The first-order valence-electron chi connectivity index (χ1n) is 5.77. The lowest BCUT2D eigenvalue weighted by molar-refractivity contribution is 0.534. The number of hydrazine groups is 1. The summed E-state index contributed by atoms with van der Waals surface area (Å²) in [6, 6.07) is -0.0527. The molecule has 0 aromatic carbocycles. The van der Waals surface area contributed by atoms with E-state index in [1.165, 1.54) is 4.88 Å². The van der Waals surface area contributed by atoms with E-state index in [-0.39, 0.29) is 6.04 Å². The van der Waals surface area contributed by atoms with Crippen LogP contribution >= 0.6 is 11.3 Å². The Balaban J connectivity index is 2.16. The van der Waals surface area contributed by atoms with Gasteiger partial charge in [-0.3, -0.25) is 21.2 Å². The molecular formula is C12H17N5S. The maximum Gasteiger partial charge on any atom is 0.0950 e. The normalized spacial score (nSPS) is 12.7. The van der Waals surface area contributed by atoms with E-state index in [1.54, 1.807) is 23.7 Å². The molecule has 0 saturated carbocycles. The second-order valence-corrected chi connectivity index (χ2v) is 5.54. The van der Waals surface area contributed by atoms with Crippen LogP contribution in [0.1, 0.15) is 33.0 Å². The molecule has 2 rings (SSSR count). The number of nitrogens with one attached hydrogen (secondary N) is 1. The number of thiazole rings is 1. The second kappa shape index (κ2) is 5.51. The molecule has 1 unspecified atom stereocenters. The van der Waals surface area contributed by atoms with E-state index >= 15 is 0 Å². The van der Waals surface area contributed by atoms with Crippen LogP contribution in [-0.2, 0) is 6.42 Å². The van der Waals surface area contributed by atoms with Gasteiger partial charge in [-0.1, -0.05) is 0 Å². The van der Waals surface area contributed by atoms with Crippen LogP contribution in [0.5, 0.6) is 0 Å². The third kappa shape index (κ3) is 2.90. The Hall–Kier alpha value is -1.37. The Morgan fingerprint density at radius 2 is 2.06 bits per heavy atom. The van der Waals surface area contributed by atoms with Gasteiger partial charge in [0.25, 0.3) is 0 Å². The molecule has 0 fully saturated rings. The molecule has 0 aliphatic rings. The maximum absolute atomic E-state index is 5.59. The zero-order chi connectivity index (χ0) is 13.1. The van der Waals surface area contributed by atoms with Crippen LogP contribution in [0.2, 0.25) is 0 Å². The lowest BCUT2D eigenvalue weighted by Crippen LogP contribution is -2.30. The van der Waals surface area contributed by atoms with Crippen molar-refractivity contribution in [2.24, 2.45) is 5.84 Å². The molecule has 0 radical (unpaired) electrons. The molecule has 1 atom stereocenters. The van der Waals surface area contributed by atoms with Crippen molar-refractivity contribution in [2.75, 3.05) is 0 Å². The topological polar surface area (TPSA) is 76.7 Å². The van der Waals surface area contributed by atoms with E-state index in [9.17, 15) is 0 Å². The molecule has 0 aliphatic heterocycles. The third-order valence-corrected chi connectivity index (χ3v) is 3.91. The molecule has 18 heavy (non-hydrogen) atoms. The number of nitrogens with two attached hydrogens (primary N) is 1. The molecule has 0 bridgehead atoms. The maximum atomic E-state index is 5.59. The number of hydrogen-bond acceptors (Lipinski definition) is 6. The van der Waals surface area contributed by atoms with Crippen molar-refractivity contribution < 1.29 is 0 Å². The molecule has 2 aromatic heterocycles. The second-order valence-electron chi connectivity index (χ2n) is 4.26. The van der Waals surface area contributed by atoms with Gasteiger partial charge in [0.05, 0.1) is 34.3 Å². The van der Waals surface area contributed by atoms with E-state index in [4.69, 9.17) is 5.84 Å². The van der Waals surface area contributed by atoms with Gasteiger partial charge in [-0.15, -0.1) is 11.3 Å². The Labute approximate surface area is 110 Å². The fourth-order valence-corrected chi connectivity index (χ4v) is 2.61. The SMILES string of the molecule is Cc1cnc(C(Cc2nc(C)c(C)s2)NN)cn1. The molecule has 0 amide bonds. The van der Waals surface area contributed by atoms with Gasteiger partial charge in [-0.25, -0.2) is 4.98 Å². The van der Waals surface area contributed by atoms with E-state index in [2.05, 4.69) is 27.3 Å². The molecule has 0 saturated heterocycles. The van der Waals surface area contributed by atoms with Gasteiger partial charge >= 0.3 is 0 Å². The van der Waals surface area contributed by atoms with Gasteiger partial charge in [-0.05, 0) is 20.8 Å². The summed E-state index contributed by atoms with van der Waals surface area (Å²) in [4.78, 5) is 14.3. The number of aromatic nitrogens is 3. The van der Waals surface area contributed by atoms with Gasteiger partial charge in [0.2, 0.25) is 0 Å². The van der Waals surface area contributed by atoms with Crippen LogP contribution in [0.3, 0.4) is 0 Å². The first-order valence-corrected chi connectivity index (χ1v) is 6.59. The van der Waals surface area contributed by atoms with E-state index in [0.29, 0.717) is 0 Å². The summed E-state index contributed by atoms with van der Waals surface area (Å²) in [5.41, 5.74) is 5.60. The highest BCUT2D eigenvalue weighted by molar-refractivity contribution is 7.11. The van der Waals surface area contributed by atoms with Gasteiger partial charge in [0.1, 0.15) is 0 Å². The lowest BCUT2D eigenvalue weighted by Gasteiger charge is -2.13. The van der Waals surface area contributed by atoms with Gasteiger partial charge in [0.15, 0.2) is 0 Å². The number of rotatable bonds is 4. The smallest absolute Gasteiger partial charge is 0.0950 e. The van der Waals surface area contributed by atoms with Crippen LogP contribution in [0.4, 0.5) is 0 Å². The summed E-state index contributed by atoms with van der Waals surface area (Å²) in [6.07, 6.45) is 4.23. The van der Waals surface area contributed by atoms with Crippen LogP contribution < -0.4 is 11.3 Å². The fourth-order valence-electron chi connectivity index (χ4n) is 1.63. The molecule has 2 aromatic rings. The van der Waals surface area contributed by atoms with E-state index in [0.717, 1.165) is 28.5 Å². The highest BCUT2D eigenvalue weighted by Gasteiger charge is 2.15. The molecule has 2 heterocycles. The zero-order valence-corrected chi connectivity index (χ0v) is 11.6. The summed E-state index contributed by atoms with van der Waals surface area (Å²) < 4.78 is 0. The van der Waals surface area contributed by atoms with Crippen molar-refractivity contribution in [1.82, 2.24) is 20.4 Å². The predicted molar refractivity (Wildman–Crippen MR) is 72.1 cm³/mol. The first-order chi connectivity index (χ1) is 8.60. The standard InChI is InChI=1S/C12H17N5S/c1-7-5-15-11(6-14-7)10(17-13)4-12-16-8(2)9(3)18-12/h5-6,10,17H,4,13H2,1-3H3. The molecule has 96 valence electrons.